The SMILES string of the molecule is C=CCCOCC1(OC)CC(OC)C(NC(C)=O)[C@@H](OC)O1. The highest BCUT2D eigenvalue weighted by Gasteiger charge is 2.49. The van der Waals surface area contributed by atoms with E-state index in [9.17, 15) is 4.79 Å². The van der Waals surface area contributed by atoms with E-state index in [0.29, 0.717) is 13.0 Å². The average Bonchev–Trinajstić information content (AvgIpc) is 2.52. The van der Waals surface area contributed by atoms with Gasteiger partial charge in [-0.05, 0) is 6.42 Å². The molecule has 0 aromatic heterocycles. The summed E-state index contributed by atoms with van der Waals surface area (Å²) in [6, 6.07) is -0.413. The zero-order chi connectivity index (χ0) is 16.6. The molecular formula is C15H27NO6. The van der Waals surface area contributed by atoms with Crippen molar-refractivity contribution in [1.82, 2.24) is 5.32 Å². The third kappa shape index (κ3) is 5.03. The molecule has 4 atom stereocenters. The molecule has 0 aromatic carbocycles. The van der Waals surface area contributed by atoms with Crippen LogP contribution in [-0.2, 0) is 28.5 Å². The van der Waals surface area contributed by atoms with Crippen LogP contribution in [0.15, 0.2) is 12.7 Å². The van der Waals surface area contributed by atoms with Gasteiger partial charge >= 0.3 is 0 Å². The molecule has 22 heavy (non-hydrogen) atoms. The summed E-state index contributed by atoms with van der Waals surface area (Å²) in [6.07, 6.45) is 1.94. The van der Waals surface area contributed by atoms with E-state index in [2.05, 4.69) is 11.9 Å². The molecule has 0 radical (unpaired) electrons. The van der Waals surface area contributed by atoms with E-state index in [1.54, 1.807) is 20.3 Å². The molecule has 1 heterocycles. The monoisotopic (exact) mass is 317 g/mol. The highest BCUT2D eigenvalue weighted by atomic mass is 16.8. The molecule has 3 unspecified atom stereocenters. The van der Waals surface area contributed by atoms with E-state index >= 15 is 0 Å². The van der Waals surface area contributed by atoms with E-state index in [0.717, 1.165) is 6.42 Å². The van der Waals surface area contributed by atoms with Gasteiger partial charge < -0.3 is 29.0 Å². The first kappa shape index (κ1) is 19.1. The Hall–Kier alpha value is -0.990. The lowest BCUT2D eigenvalue weighted by atomic mass is 9.97. The van der Waals surface area contributed by atoms with Crippen LogP contribution in [-0.4, -0.2) is 64.7 Å². The Kier molecular flexibility index (Phi) is 7.98. The lowest BCUT2D eigenvalue weighted by molar-refractivity contribution is -0.353. The lowest BCUT2D eigenvalue weighted by Gasteiger charge is -2.46. The Morgan fingerprint density at radius 3 is 2.64 bits per heavy atom. The fraction of sp³-hybridized carbons (Fsp3) is 0.800. The summed E-state index contributed by atoms with van der Waals surface area (Å²) in [7, 11) is 4.64. The molecule has 1 N–H and O–H groups in total. The number of amides is 1. The molecule has 7 heteroatoms. The van der Waals surface area contributed by atoms with Crippen LogP contribution in [0, 0.1) is 0 Å². The van der Waals surface area contributed by atoms with Crippen molar-refractivity contribution in [3.05, 3.63) is 12.7 Å². The van der Waals surface area contributed by atoms with E-state index in [1.807, 2.05) is 0 Å². The third-order valence-corrected chi connectivity index (χ3v) is 3.60. The molecular weight excluding hydrogens is 290 g/mol. The molecule has 0 spiro atoms. The first-order valence-corrected chi connectivity index (χ1v) is 7.26. The zero-order valence-electron chi connectivity index (χ0n) is 13.8. The van der Waals surface area contributed by atoms with Gasteiger partial charge in [-0.3, -0.25) is 4.79 Å². The maximum Gasteiger partial charge on any atom is 0.217 e. The number of rotatable bonds is 9. The fourth-order valence-corrected chi connectivity index (χ4v) is 2.44. The van der Waals surface area contributed by atoms with Gasteiger partial charge in [0.1, 0.15) is 12.6 Å². The van der Waals surface area contributed by atoms with Gasteiger partial charge in [0.2, 0.25) is 5.91 Å². The molecule has 1 aliphatic heterocycles. The van der Waals surface area contributed by atoms with Crippen LogP contribution >= 0.6 is 0 Å². The molecule has 1 saturated heterocycles. The second-order valence-corrected chi connectivity index (χ2v) is 5.17. The summed E-state index contributed by atoms with van der Waals surface area (Å²) < 4.78 is 27.9. The van der Waals surface area contributed by atoms with Crippen LogP contribution in [0.25, 0.3) is 0 Å². The Bertz CT molecular complexity index is 348. The van der Waals surface area contributed by atoms with Crippen LogP contribution in [0.1, 0.15) is 19.8 Å². The number of nitrogens with one attached hydrogen (secondary N) is 1. The Balaban J connectivity index is 2.80. The van der Waals surface area contributed by atoms with Gasteiger partial charge in [0, 0.05) is 34.7 Å². The second kappa shape index (κ2) is 9.22. The Morgan fingerprint density at radius 2 is 2.14 bits per heavy atom. The van der Waals surface area contributed by atoms with Crippen molar-refractivity contribution in [2.75, 3.05) is 34.5 Å². The van der Waals surface area contributed by atoms with E-state index in [-0.39, 0.29) is 18.6 Å². The van der Waals surface area contributed by atoms with Crippen molar-refractivity contribution in [3.63, 3.8) is 0 Å². The summed E-state index contributed by atoms with van der Waals surface area (Å²) in [5, 5.41) is 2.80. The predicted octanol–water partition coefficient (Wildman–Crippen LogP) is 0.834. The summed E-state index contributed by atoms with van der Waals surface area (Å²) in [6.45, 7) is 5.86. The second-order valence-electron chi connectivity index (χ2n) is 5.17. The molecule has 1 aliphatic rings. The topological polar surface area (TPSA) is 75.2 Å². The van der Waals surface area contributed by atoms with Gasteiger partial charge in [0.25, 0.3) is 0 Å². The van der Waals surface area contributed by atoms with Gasteiger partial charge in [0.15, 0.2) is 12.1 Å². The number of methoxy groups -OCH3 is 3. The molecule has 1 amide bonds. The summed E-state index contributed by atoms with van der Waals surface area (Å²) in [4.78, 5) is 11.4. The van der Waals surface area contributed by atoms with Gasteiger partial charge in [0.05, 0.1) is 12.7 Å². The van der Waals surface area contributed by atoms with Crippen molar-refractivity contribution < 1.29 is 28.5 Å². The number of carbonyl (C=O) groups excluding carboxylic acids is 1. The minimum absolute atomic E-state index is 0.176. The standard InChI is InChI=1S/C15H27NO6/c1-6-7-8-21-10-15(20-5)9-12(18-3)13(16-11(2)17)14(19-4)22-15/h6,12-14H,1,7-10H2,2-5H3,(H,16,17)/t12?,13?,14-,15?/m0/s1. The molecule has 1 fully saturated rings. The molecule has 0 saturated carbocycles. The highest BCUT2D eigenvalue weighted by Crippen LogP contribution is 2.32. The van der Waals surface area contributed by atoms with Crippen molar-refractivity contribution in [2.45, 2.75) is 44.0 Å². The Labute approximate surface area is 131 Å². The smallest absolute Gasteiger partial charge is 0.217 e. The van der Waals surface area contributed by atoms with Crippen molar-refractivity contribution >= 4 is 5.91 Å². The van der Waals surface area contributed by atoms with E-state index < -0.39 is 18.1 Å². The minimum atomic E-state index is -0.975. The van der Waals surface area contributed by atoms with Crippen molar-refractivity contribution in [1.29, 1.82) is 0 Å². The summed E-state index contributed by atoms with van der Waals surface area (Å²) in [5.41, 5.74) is 0. The predicted molar refractivity (Wildman–Crippen MR) is 80.3 cm³/mol. The first-order valence-electron chi connectivity index (χ1n) is 7.26. The van der Waals surface area contributed by atoms with Crippen LogP contribution in [0.4, 0.5) is 0 Å². The molecule has 0 aliphatic carbocycles. The molecule has 0 aromatic rings. The van der Waals surface area contributed by atoms with Crippen LogP contribution < -0.4 is 5.32 Å². The van der Waals surface area contributed by atoms with Gasteiger partial charge in [-0.15, -0.1) is 6.58 Å². The van der Waals surface area contributed by atoms with E-state index in [1.165, 1.54) is 14.0 Å². The number of hydrogen-bond donors (Lipinski definition) is 1. The van der Waals surface area contributed by atoms with E-state index in [4.69, 9.17) is 23.7 Å². The third-order valence-electron chi connectivity index (χ3n) is 3.60. The Morgan fingerprint density at radius 1 is 1.41 bits per heavy atom. The van der Waals surface area contributed by atoms with Crippen LogP contribution in [0.2, 0.25) is 0 Å². The number of hydrogen-bond acceptors (Lipinski definition) is 6. The quantitative estimate of drug-likeness (QED) is 0.501. The highest BCUT2D eigenvalue weighted by molar-refractivity contribution is 5.73. The fourth-order valence-electron chi connectivity index (χ4n) is 2.44. The van der Waals surface area contributed by atoms with Crippen molar-refractivity contribution in [3.8, 4) is 0 Å². The normalized spacial score (nSPS) is 31.7. The molecule has 1 rings (SSSR count). The summed E-state index contributed by atoms with van der Waals surface area (Å²) >= 11 is 0. The summed E-state index contributed by atoms with van der Waals surface area (Å²) in [5.74, 6) is -1.15. The first-order chi connectivity index (χ1) is 10.5. The van der Waals surface area contributed by atoms with Crippen LogP contribution in [0.3, 0.4) is 0 Å². The molecule has 128 valence electrons. The molecule has 7 nitrogen and oxygen atoms in total. The molecule has 0 bridgehead atoms. The number of carbonyl (C=O) groups is 1. The zero-order valence-corrected chi connectivity index (χ0v) is 13.8. The number of ether oxygens (including phenoxy) is 5. The maximum absolute atomic E-state index is 11.4. The minimum Gasteiger partial charge on any atom is -0.379 e. The average molecular weight is 317 g/mol. The van der Waals surface area contributed by atoms with Gasteiger partial charge in [-0.25, -0.2) is 0 Å². The lowest BCUT2D eigenvalue weighted by Crippen LogP contribution is -2.63. The maximum atomic E-state index is 11.4. The van der Waals surface area contributed by atoms with Gasteiger partial charge in [-0.1, -0.05) is 6.08 Å². The van der Waals surface area contributed by atoms with Crippen LogP contribution in [0.5, 0.6) is 0 Å². The van der Waals surface area contributed by atoms with Gasteiger partial charge in [-0.2, -0.15) is 0 Å². The van der Waals surface area contributed by atoms with Crippen molar-refractivity contribution in [2.24, 2.45) is 0 Å². The largest absolute Gasteiger partial charge is 0.379 e.